The summed E-state index contributed by atoms with van der Waals surface area (Å²) in [5.74, 6) is -0.0144. The van der Waals surface area contributed by atoms with Gasteiger partial charge >= 0.3 is 0 Å². The van der Waals surface area contributed by atoms with E-state index in [0.717, 1.165) is 5.56 Å². The number of rotatable bonds is 1. The summed E-state index contributed by atoms with van der Waals surface area (Å²) < 4.78 is 1.62. The van der Waals surface area contributed by atoms with Crippen LogP contribution < -0.4 is 9.62 Å². The zero-order valence-corrected chi connectivity index (χ0v) is 9.08. The van der Waals surface area contributed by atoms with Crippen molar-refractivity contribution < 1.29 is 9.62 Å². The highest BCUT2D eigenvalue weighted by Gasteiger charge is 2.08. The Bertz CT molecular complexity index is 665. The van der Waals surface area contributed by atoms with Crippen LogP contribution >= 0.6 is 0 Å². The second kappa shape index (κ2) is 3.87. The van der Waals surface area contributed by atoms with Gasteiger partial charge in [0.25, 0.3) is 0 Å². The molecule has 17 heavy (non-hydrogen) atoms. The van der Waals surface area contributed by atoms with Crippen LogP contribution in [0.25, 0.3) is 16.8 Å². The normalized spacial score (nSPS) is 10.6. The molecule has 0 aliphatic heterocycles. The Morgan fingerprint density at radius 2 is 1.71 bits per heavy atom. The topological polar surface area (TPSA) is 40.1 Å². The van der Waals surface area contributed by atoms with E-state index in [1.54, 1.807) is 22.8 Å². The monoisotopic (exact) mass is 222 g/mol. The first-order valence-electron chi connectivity index (χ1n) is 5.39. The van der Waals surface area contributed by atoms with Gasteiger partial charge in [0, 0.05) is 22.8 Å². The van der Waals surface area contributed by atoms with Gasteiger partial charge in [-0.15, -0.1) is 0 Å². The third kappa shape index (κ3) is 1.72. The maximum absolute atomic E-state index is 11.9. The summed E-state index contributed by atoms with van der Waals surface area (Å²) in [6.07, 6.45) is 1.78. The van der Waals surface area contributed by atoms with Gasteiger partial charge in [0.1, 0.15) is 5.69 Å². The molecule has 0 fully saturated rings. The minimum absolute atomic E-state index is 0.0144. The number of nitrogens with zero attached hydrogens (tertiary/aromatic N) is 2. The lowest BCUT2D eigenvalue weighted by Gasteiger charge is -2.06. The predicted octanol–water partition coefficient (Wildman–Crippen LogP) is 1.56. The van der Waals surface area contributed by atoms with Crippen molar-refractivity contribution >= 4 is 5.52 Å². The highest BCUT2D eigenvalue weighted by atomic mass is 16.3. The number of benzene rings is 1. The Kier molecular flexibility index (Phi) is 2.22. The van der Waals surface area contributed by atoms with Crippen molar-refractivity contribution in [3.05, 3.63) is 60.8 Å². The summed E-state index contributed by atoms with van der Waals surface area (Å²) in [6, 6.07) is 16.7. The average Bonchev–Trinajstić information content (AvgIpc) is 2.40. The molecular formula is C14H10N2O. The molecule has 3 rings (SSSR count). The van der Waals surface area contributed by atoms with Crippen LogP contribution in [-0.4, -0.2) is 5.10 Å². The molecular weight excluding hydrogens is 212 g/mol. The van der Waals surface area contributed by atoms with Crippen molar-refractivity contribution in [1.29, 1.82) is 0 Å². The molecule has 82 valence electrons. The quantitative estimate of drug-likeness (QED) is 0.586. The average molecular weight is 222 g/mol. The summed E-state index contributed by atoms with van der Waals surface area (Å²) in [5.41, 5.74) is 2.23. The maximum Gasteiger partial charge on any atom is 0.230 e. The second-order valence-electron chi connectivity index (χ2n) is 3.79. The van der Waals surface area contributed by atoms with Crippen LogP contribution in [0.5, 0.6) is 5.75 Å². The van der Waals surface area contributed by atoms with Crippen molar-refractivity contribution in [2.24, 2.45) is 0 Å². The van der Waals surface area contributed by atoms with Crippen molar-refractivity contribution in [2.75, 3.05) is 0 Å². The Labute approximate surface area is 98.6 Å². The summed E-state index contributed by atoms with van der Waals surface area (Å²) in [6.45, 7) is 0. The molecule has 2 aromatic heterocycles. The SMILES string of the molecule is [O-]c1cc(-c2ccccc2)n[n+]2ccccc12. The van der Waals surface area contributed by atoms with Crippen LogP contribution in [0.2, 0.25) is 0 Å². The molecule has 0 saturated heterocycles. The molecule has 0 unspecified atom stereocenters. The van der Waals surface area contributed by atoms with Crippen molar-refractivity contribution in [3.63, 3.8) is 0 Å². The van der Waals surface area contributed by atoms with E-state index in [0.29, 0.717) is 11.2 Å². The van der Waals surface area contributed by atoms with E-state index in [-0.39, 0.29) is 5.75 Å². The third-order valence-corrected chi connectivity index (χ3v) is 2.64. The van der Waals surface area contributed by atoms with Crippen molar-refractivity contribution in [3.8, 4) is 17.0 Å². The summed E-state index contributed by atoms with van der Waals surface area (Å²) >= 11 is 0. The highest BCUT2D eigenvalue weighted by Crippen LogP contribution is 2.19. The Morgan fingerprint density at radius 1 is 0.941 bits per heavy atom. The van der Waals surface area contributed by atoms with E-state index in [1.807, 2.05) is 42.5 Å². The molecule has 3 aromatic rings. The molecule has 0 N–H and O–H groups in total. The minimum atomic E-state index is -0.0144. The summed E-state index contributed by atoms with van der Waals surface area (Å²) in [5, 5.41) is 16.3. The number of hydrogen-bond donors (Lipinski definition) is 0. The zero-order chi connectivity index (χ0) is 11.7. The zero-order valence-electron chi connectivity index (χ0n) is 9.08. The molecule has 0 atom stereocenters. The second-order valence-corrected chi connectivity index (χ2v) is 3.79. The van der Waals surface area contributed by atoms with Gasteiger partial charge in [0.15, 0.2) is 0 Å². The first kappa shape index (κ1) is 9.78. The van der Waals surface area contributed by atoms with Crippen molar-refractivity contribution in [2.45, 2.75) is 0 Å². The smallest absolute Gasteiger partial charge is 0.230 e. The third-order valence-electron chi connectivity index (χ3n) is 2.64. The lowest BCUT2D eigenvalue weighted by Crippen LogP contribution is -2.27. The summed E-state index contributed by atoms with van der Waals surface area (Å²) in [7, 11) is 0. The minimum Gasteiger partial charge on any atom is -0.868 e. The number of pyridine rings is 1. The van der Waals surface area contributed by atoms with E-state index in [2.05, 4.69) is 5.10 Å². The molecule has 0 bridgehead atoms. The fourth-order valence-corrected chi connectivity index (χ4v) is 1.81. The van der Waals surface area contributed by atoms with Gasteiger partial charge in [-0.1, -0.05) is 34.8 Å². The summed E-state index contributed by atoms with van der Waals surface area (Å²) in [4.78, 5) is 0. The number of fused-ring (bicyclic) bond motifs is 1. The molecule has 0 aliphatic rings. The van der Waals surface area contributed by atoms with E-state index >= 15 is 0 Å². The lowest BCUT2D eigenvalue weighted by molar-refractivity contribution is -0.582. The van der Waals surface area contributed by atoms with Crippen LogP contribution in [0, 0.1) is 0 Å². The fourth-order valence-electron chi connectivity index (χ4n) is 1.81. The number of aromatic nitrogens is 2. The van der Waals surface area contributed by atoms with Gasteiger partial charge in [0.2, 0.25) is 11.7 Å². The van der Waals surface area contributed by atoms with Crippen LogP contribution in [-0.2, 0) is 0 Å². The van der Waals surface area contributed by atoms with Gasteiger partial charge in [-0.25, -0.2) is 0 Å². The maximum atomic E-state index is 11.9. The predicted molar refractivity (Wildman–Crippen MR) is 62.3 cm³/mol. The van der Waals surface area contributed by atoms with Crippen LogP contribution in [0.3, 0.4) is 0 Å². The largest absolute Gasteiger partial charge is 0.868 e. The molecule has 0 aliphatic carbocycles. The van der Waals surface area contributed by atoms with E-state index in [4.69, 9.17) is 0 Å². The first-order valence-corrected chi connectivity index (χ1v) is 5.39. The molecule has 1 aromatic carbocycles. The van der Waals surface area contributed by atoms with E-state index in [1.165, 1.54) is 0 Å². The molecule has 0 amide bonds. The molecule has 2 heterocycles. The Balaban J connectivity index is 2.26. The highest BCUT2D eigenvalue weighted by molar-refractivity contribution is 5.63. The van der Waals surface area contributed by atoms with Gasteiger partial charge in [-0.05, 0) is 17.9 Å². The van der Waals surface area contributed by atoms with Gasteiger partial charge < -0.3 is 5.11 Å². The number of hydrogen-bond acceptors (Lipinski definition) is 2. The van der Waals surface area contributed by atoms with Crippen molar-refractivity contribution in [1.82, 2.24) is 5.10 Å². The molecule has 0 saturated carbocycles. The molecule has 0 spiro atoms. The molecule has 0 radical (unpaired) electrons. The van der Waals surface area contributed by atoms with Crippen LogP contribution in [0.4, 0.5) is 0 Å². The standard InChI is InChI=1S/C14H10N2O/c17-14-10-12(11-6-2-1-3-7-11)15-16-9-5-4-8-13(14)16/h1-10H. The lowest BCUT2D eigenvalue weighted by atomic mass is 10.1. The van der Waals surface area contributed by atoms with Crippen LogP contribution in [0.1, 0.15) is 0 Å². The van der Waals surface area contributed by atoms with E-state index < -0.39 is 0 Å². The van der Waals surface area contributed by atoms with Gasteiger partial charge in [-0.3, -0.25) is 0 Å². The Morgan fingerprint density at radius 3 is 2.53 bits per heavy atom. The van der Waals surface area contributed by atoms with Gasteiger partial charge in [0.05, 0.1) is 0 Å². The first-order chi connectivity index (χ1) is 8.34. The van der Waals surface area contributed by atoms with Gasteiger partial charge in [-0.2, -0.15) is 0 Å². The molecule has 3 heteroatoms. The molecule has 3 nitrogen and oxygen atoms in total. The van der Waals surface area contributed by atoms with E-state index in [9.17, 15) is 5.11 Å². The van der Waals surface area contributed by atoms with Crippen LogP contribution in [0.15, 0.2) is 60.8 Å². The Hall–Kier alpha value is -2.42. The fraction of sp³-hybridized carbons (Fsp3) is 0.